The summed E-state index contributed by atoms with van der Waals surface area (Å²) in [5.41, 5.74) is -0.0794. The summed E-state index contributed by atoms with van der Waals surface area (Å²) in [6.45, 7) is 3.49. The molecule has 1 rings (SSSR count). The van der Waals surface area contributed by atoms with E-state index in [2.05, 4.69) is 5.16 Å². The zero-order valence-corrected chi connectivity index (χ0v) is 8.40. The average Bonchev–Trinajstić information content (AvgIpc) is 2.16. The van der Waals surface area contributed by atoms with Crippen molar-refractivity contribution in [1.82, 2.24) is 0 Å². The van der Waals surface area contributed by atoms with E-state index in [0.29, 0.717) is 18.6 Å². The molecule has 78 valence electrons. The van der Waals surface area contributed by atoms with Gasteiger partial charge >= 0.3 is 5.97 Å². The van der Waals surface area contributed by atoms with Gasteiger partial charge in [0.1, 0.15) is 0 Å². The van der Waals surface area contributed by atoms with Crippen LogP contribution in [0, 0.1) is 11.3 Å². The molecule has 0 saturated carbocycles. The number of hydrogen-bond donors (Lipinski definition) is 2. The maximum atomic E-state index is 11.0. The predicted octanol–water partition coefficient (Wildman–Crippen LogP) is 1.89. The first-order valence-electron chi connectivity index (χ1n) is 4.59. The summed E-state index contributed by atoms with van der Waals surface area (Å²) in [4.78, 5) is 11.0. The van der Waals surface area contributed by atoms with Gasteiger partial charge in [0.15, 0.2) is 0 Å². The Morgan fingerprint density at radius 3 is 2.71 bits per heavy atom. The Kier molecular flexibility index (Phi) is 2.93. The van der Waals surface area contributed by atoms with Crippen LogP contribution in [-0.2, 0) is 4.79 Å². The van der Waals surface area contributed by atoms with Crippen LogP contribution in [-0.4, -0.2) is 22.0 Å². The molecular formula is C10H15NO3. The minimum Gasteiger partial charge on any atom is -0.481 e. The van der Waals surface area contributed by atoms with Gasteiger partial charge in [-0.2, -0.15) is 0 Å². The Labute approximate surface area is 82.9 Å². The van der Waals surface area contributed by atoms with E-state index in [1.807, 2.05) is 19.1 Å². The molecule has 2 atom stereocenters. The molecule has 0 spiro atoms. The lowest BCUT2D eigenvalue weighted by Gasteiger charge is -2.35. The molecule has 0 aromatic rings. The highest BCUT2D eigenvalue weighted by Crippen LogP contribution is 2.39. The van der Waals surface area contributed by atoms with Gasteiger partial charge in [-0.25, -0.2) is 0 Å². The summed E-state index contributed by atoms with van der Waals surface area (Å²) >= 11 is 0. The highest BCUT2D eigenvalue weighted by atomic mass is 16.4. The molecule has 14 heavy (non-hydrogen) atoms. The molecule has 0 aliphatic heterocycles. The normalized spacial score (nSPS) is 33.0. The van der Waals surface area contributed by atoms with Gasteiger partial charge in [0.25, 0.3) is 0 Å². The lowest BCUT2D eigenvalue weighted by Crippen LogP contribution is -2.40. The Morgan fingerprint density at radius 2 is 2.21 bits per heavy atom. The number of nitrogens with zero attached hydrogens (tertiary/aromatic N) is 1. The highest BCUT2D eigenvalue weighted by molar-refractivity contribution is 5.92. The molecular weight excluding hydrogens is 182 g/mol. The van der Waals surface area contributed by atoms with E-state index < -0.39 is 17.3 Å². The zero-order chi connectivity index (χ0) is 10.8. The Morgan fingerprint density at radius 1 is 1.57 bits per heavy atom. The molecule has 1 aliphatic carbocycles. The first kappa shape index (κ1) is 10.8. The maximum Gasteiger partial charge on any atom is 0.307 e. The number of carbonyl (C=O) groups is 1. The van der Waals surface area contributed by atoms with Gasteiger partial charge in [-0.05, 0) is 19.8 Å². The molecule has 1 aliphatic rings. The Bertz CT molecular complexity index is 296. The smallest absolute Gasteiger partial charge is 0.307 e. The van der Waals surface area contributed by atoms with E-state index >= 15 is 0 Å². The average molecular weight is 197 g/mol. The summed E-state index contributed by atoms with van der Waals surface area (Å²) in [5, 5.41) is 20.9. The molecule has 0 aromatic carbocycles. The minimum atomic E-state index is -0.833. The first-order valence-corrected chi connectivity index (χ1v) is 4.59. The van der Waals surface area contributed by atoms with E-state index in [9.17, 15) is 4.79 Å². The zero-order valence-electron chi connectivity index (χ0n) is 8.40. The van der Waals surface area contributed by atoms with Crippen molar-refractivity contribution in [1.29, 1.82) is 0 Å². The fraction of sp³-hybridized carbons (Fsp3) is 0.600. The van der Waals surface area contributed by atoms with Crippen molar-refractivity contribution in [3.05, 3.63) is 12.2 Å². The van der Waals surface area contributed by atoms with Crippen molar-refractivity contribution >= 4 is 11.7 Å². The van der Waals surface area contributed by atoms with Crippen LogP contribution in [0.15, 0.2) is 17.3 Å². The topological polar surface area (TPSA) is 69.9 Å². The number of hydrogen-bond acceptors (Lipinski definition) is 3. The third-order valence-corrected chi connectivity index (χ3v) is 3.12. The van der Waals surface area contributed by atoms with Crippen molar-refractivity contribution in [2.75, 3.05) is 0 Å². The fourth-order valence-corrected chi connectivity index (χ4v) is 1.85. The van der Waals surface area contributed by atoms with Crippen LogP contribution >= 0.6 is 0 Å². The maximum absolute atomic E-state index is 11.0. The van der Waals surface area contributed by atoms with Crippen LogP contribution in [0.2, 0.25) is 0 Å². The second-order valence-electron chi connectivity index (χ2n) is 3.90. The quantitative estimate of drug-likeness (QED) is 0.307. The standard InChI is InChI=1S/C10H15NO3/c1-7(11-14)10(2)6-4-3-5-8(10)9(12)13/h3-4,8,14H,5-6H2,1-2H3,(H,12,13)/b11-7-/t8-,10-/m1/s1. The number of aliphatic carboxylic acids is 1. The second-order valence-corrected chi connectivity index (χ2v) is 3.90. The van der Waals surface area contributed by atoms with Crippen LogP contribution in [0.1, 0.15) is 26.7 Å². The second kappa shape index (κ2) is 3.82. The van der Waals surface area contributed by atoms with Crippen molar-refractivity contribution < 1.29 is 15.1 Å². The lowest BCUT2D eigenvalue weighted by atomic mass is 9.67. The van der Waals surface area contributed by atoms with E-state index in [1.54, 1.807) is 6.92 Å². The third kappa shape index (κ3) is 1.64. The lowest BCUT2D eigenvalue weighted by molar-refractivity contribution is -0.144. The summed E-state index contributed by atoms with van der Waals surface area (Å²) in [6.07, 6.45) is 4.91. The van der Waals surface area contributed by atoms with E-state index in [-0.39, 0.29) is 0 Å². The van der Waals surface area contributed by atoms with Gasteiger partial charge in [0.05, 0.1) is 11.6 Å². The molecule has 4 heteroatoms. The van der Waals surface area contributed by atoms with Gasteiger partial charge in [-0.3, -0.25) is 4.79 Å². The van der Waals surface area contributed by atoms with E-state index in [0.717, 1.165) is 0 Å². The van der Waals surface area contributed by atoms with Crippen LogP contribution in [0.25, 0.3) is 0 Å². The number of allylic oxidation sites excluding steroid dienone is 2. The van der Waals surface area contributed by atoms with Crippen LogP contribution < -0.4 is 0 Å². The number of rotatable bonds is 2. The molecule has 0 amide bonds. The summed E-state index contributed by atoms with van der Waals surface area (Å²) in [5.74, 6) is -1.33. The Hall–Kier alpha value is -1.32. The van der Waals surface area contributed by atoms with Crippen LogP contribution in [0.5, 0.6) is 0 Å². The van der Waals surface area contributed by atoms with Gasteiger partial charge in [0, 0.05) is 5.41 Å². The molecule has 0 saturated heterocycles. The van der Waals surface area contributed by atoms with E-state index in [4.69, 9.17) is 10.3 Å². The third-order valence-electron chi connectivity index (χ3n) is 3.12. The van der Waals surface area contributed by atoms with Crippen molar-refractivity contribution in [3.63, 3.8) is 0 Å². The number of oxime groups is 1. The van der Waals surface area contributed by atoms with Crippen LogP contribution in [0.4, 0.5) is 0 Å². The van der Waals surface area contributed by atoms with E-state index in [1.165, 1.54) is 0 Å². The molecule has 0 bridgehead atoms. The molecule has 2 N–H and O–H groups in total. The van der Waals surface area contributed by atoms with Gasteiger partial charge in [0.2, 0.25) is 0 Å². The van der Waals surface area contributed by atoms with Crippen molar-refractivity contribution in [2.24, 2.45) is 16.5 Å². The molecule has 4 nitrogen and oxygen atoms in total. The number of carboxylic acid groups (broad SMARTS) is 1. The minimum absolute atomic E-state index is 0.481. The molecule has 0 heterocycles. The number of carboxylic acids is 1. The predicted molar refractivity (Wildman–Crippen MR) is 52.5 cm³/mol. The monoisotopic (exact) mass is 197 g/mol. The highest BCUT2D eigenvalue weighted by Gasteiger charge is 2.42. The summed E-state index contributed by atoms with van der Waals surface area (Å²) < 4.78 is 0. The van der Waals surface area contributed by atoms with Gasteiger partial charge in [-0.15, -0.1) is 0 Å². The molecule has 0 unspecified atom stereocenters. The van der Waals surface area contributed by atoms with Crippen molar-refractivity contribution in [2.45, 2.75) is 26.7 Å². The SMILES string of the molecule is C/C(=N/O)[C@@]1(C)CC=CC[C@@H]1C(=O)O. The molecule has 0 aromatic heterocycles. The fourth-order valence-electron chi connectivity index (χ4n) is 1.85. The molecule has 0 radical (unpaired) electrons. The Balaban J connectivity index is 3.04. The van der Waals surface area contributed by atoms with Crippen LogP contribution in [0.3, 0.4) is 0 Å². The largest absolute Gasteiger partial charge is 0.481 e. The summed E-state index contributed by atoms with van der Waals surface area (Å²) in [6, 6.07) is 0. The summed E-state index contributed by atoms with van der Waals surface area (Å²) in [7, 11) is 0. The first-order chi connectivity index (χ1) is 6.52. The van der Waals surface area contributed by atoms with Gasteiger partial charge in [-0.1, -0.05) is 24.2 Å². The van der Waals surface area contributed by atoms with Gasteiger partial charge < -0.3 is 10.3 Å². The van der Waals surface area contributed by atoms with Crippen molar-refractivity contribution in [3.8, 4) is 0 Å². The molecule has 0 fully saturated rings.